The number of carbonyl (C=O) groups is 1. The van der Waals surface area contributed by atoms with E-state index in [2.05, 4.69) is 11.8 Å². The zero-order valence-corrected chi connectivity index (χ0v) is 6.47. The average Bonchev–Trinajstić information content (AvgIpc) is 2.00. The first-order valence-corrected chi connectivity index (χ1v) is 3.24. The van der Waals surface area contributed by atoms with Gasteiger partial charge in [-0.2, -0.15) is 0 Å². The van der Waals surface area contributed by atoms with Crippen LogP contribution in [0.4, 0.5) is 8.78 Å². The van der Waals surface area contributed by atoms with E-state index >= 15 is 0 Å². The smallest absolute Gasteiger partial charge is 0.295 e. The van der Waals surface area contributed by atoms with Crippen molar-refractivity contribution in [3.05, 3.63) is 0 Å². The molecule has 0 aromatic rings. The molecule has 0 aromatic heterocycles. The number of hydrogen-bond donors (Lipinski definition) is 2. The van der Waals surface area contributed by atoms with Crippen molar-refractivity contribution in [1.29, 1.82) is 0 Å². The van der Waals surface area contributed by atoms with Crippen LogP contribution in [0.2, 0.25) is 0 Å². The van der Waals surface area contributed by atoms with Gasteiger partial charge in [-0.05, 0) is 12.8 Å². The number of aliphatic hydroxyl groups is 1. The normalized spacial score (nSPS) is 11.8. The highest BCUT2D eigenvalue weighted by Crippen LogP contribution is 1.97. The predicted molar refractivity (Wildman–Crippen MR) is 38.5 cm³/mol. The molecule has 3 nitrogen and oxygen atoms in total. The molecule has 0 aliphatic rings. The second-order valence-corrected chi connectivity index (χ2v) is 1.99. The Labute approximate surface area is 68.8 Å². The van der Waals surface area contributed by atoms with Crippen molar-refractivity contribution in [3.63, 3.8) is 0 Å². The Hall–Kier alpha value is -1.15. The Morgan fingerprint density at radius 3 is 2.67 bits per heavy atom. The van der Waals surface area contributed by atoms with Gasteiger partial charge in [0.05, 0.1) is 6.54 Å². The largest absolute Gasteiger partial charge is 0.385 e. The van der Waals surface area contributed by atoms with Gasteiger partial charge in [0.25, 0.3) is 12.3 Å². The van der Waals surface area contributed by atoms with E-state index < -0.39 is 25.0 Å². The van der Waals surface area contributed by atoms with Gasteiger partial charge in [-0.25, -0.2) is 8.78 Å². The van der Waals surface area contributed by atoms with Gasteiger partial charge in [-0.1, -0.05) is 5.92 Å². The minimum atomic E-state index is -2.85. The molecule has 0 aliphatic carbocycles. The summed E-state index contributed by atoms with van der Waals surface area (Å²) in [7, 11) is 0. The summed E-state index contributed by atoms with van der Waals surface area (Å²) >= 11 is 0. The third-order valence-electron chi connectivity index (χ3n) is 1.00. The van der Waals surface area contributed by atoms with Crippen molar-refractivity contribution >= 4 is 5.91 Å². The molecule has 1 unspecified atom stereocenters. The van der Waals surface area contributed by atoms with Crippen LogP contribution in [0, 0.1) is 11.8 Å². The summed E-state index contributed by atoms with van der Waals surface area (Å²) in [6, 6.07) is 0. The van der Waals surface area contributed by atoms with Crippen molar-refractivity contribution < 1.29 is 18.7 Å². The number of carbonyl (C=O) groups excluding carboxylic acids is 1. The molecule has 0 bridgehead atoms. The summed E-state index contributed by atoms with van der Waals surface area (Å²) in [5.74, 6) is 3.70. The van der Waals surface area contributed by atoms with Gasteiger partial charge in [0, 0.05) is 0 Å². The maximum Gasteiger partial charge on any atom is 0.295 e. The molecule has 0 fully saturated rings. The average molecular weight is 177 g/mol. The summed E-state index contributed by atoms with van der Waals surface area (Å²) in [6.07, 6.45) is -4.67. The molecule has 12 heavy (non-hydrogen) atoms. The molecule has 68 valence electrons. The van der Waals surface area contributed by atoms with Crippen LogP contribution in [0.1, 0.15) is 6.92 Å². The highest BCUT2D eigenvalue weighted by molar-refractivity contribution is 5.93. The Morgan fingerprint density at radius 1 is 1.67 bits per heavy atom. The van der Waals surface area contributed by atoms with Crippen LogP contribution in [0.25, 0.3) is 0 Å². The fourth-order valence-electron chi connectivity index (χ4n) is 0.444. The van der Waals surface area contributed by atoms with Gasteiger partial charge >= 0.3 is 0 Å². The van der Waals surface area contributed by atoms with Gasteiger partial charge in [-0.15, -0.1) is 0 Å². The molecule has 0 rings (SSSR count). The number of alkyl halides is 2. The predicted octanol–water partition coefficient (Wildman–Crippen LogP) is -0.248. The summed E-state index contributed by atoms with van der Waals surface area (Å²) in [6.45, 7) is 0.967. The Kier molecular flexibility index (Phi) is 4.97. The fraction of sp³-hybridized carbons (Fsp3) is 0.571. The molecule has 5 heteroatoms. The first-order valence-electron chi connectivity index (χ1n) is 3.24. The van der Waals surface area contributed by atoms with Crippen LogP contribution in [0.15, 0.2) is 0 Å². The lowest BCUT2D eigenvalue weighted by Crippen LogP contribution is -2.35. The summed E-state index contributed by atoms with van der Waals surface area (Å²) in [5.41, 5.74) is 0. The van der Waals surface area contributed by atoms with Crippen LogP contribution < -0.4 is 5.32 Å². The molecule has 0 spiro atoms. The van der Waals surface area contributed by atoms with E-state index in [0.717, 1.165) is 0 Å². The van der Waals surface area contributed by atoms with Crippen LogP contribution in [0.3, 0.4) is 0 Å². The van der Waals surface area contributed by atoms with Crippen LogP contribution in [-0.2, 0) is 4.79 Å². The van der Waals surface area contributed by atoms with Gasteiger partial charge in [-0.3, -0.25) is 4.79 Å². The van der Waals surface area contributed by atoms with Gasteiger partial charge < -0.3 is 10.4 Å². The van der Waals surface area contributed by atoms with Crippen LogP contribution in [-0.4, -0.2) is 30.1 Å². The quantitative estimate of drug-likeness (QED) is 0.584. The lowest BCUT2D eigenvalue weighted by Gasteiger charge is -2.07. The molecule has 0 saturated carbocycles. The van der Waals surface area contributed by atoms with Crippen molar-refractivity contribution in [2.45, 2.75) is 19.5 Å². The van der Waals surface area contributed by atoms with Crippen molar-refractivity contribution in [2.24, 2.45) is 0 Å². The Balaban J connectivity index is 3.66. The minimum Gasteiger partial charge on any atom is -0.385 e. The second-order valence-electron chi connectivity index (χ2n) is 1.99. The molecular formula is C7H9F2NO2. The number of hydrogen-bond acceptors (Lipinski definition) is 2. The lowest BCUT2D eigenvalue weighted by atomic mass is 10.3. The van der Waals surface area contributed by atoms with Gasteiger partial charge in [0.2, 0.25) is 0 Å². The van der Waals surface area contributed by atoms with E-state index in [1.165, 1.54) is 6.92 Å². The Morgan fingerprint density at radius 2 is 2.25 bits per heavy atom. The van der Waals surface area contributed by atoms with Crippen molar-refractivity contribution in [3.8, 4) is 11.8 Å². The minimum absolute atomic E-state index is 0.481. The van der Waals surface area contributed by atoms with E-state index in [1.54, 1.807) is 0 Å². The highest BCUT2D eigenvalue weighted by atomic mass is 19.3. The van der Waals surface area contributed by atoms with E-state index in [0.29, 0.717) is 0 Å². The van der Waals surface area contributed by atoms with Crippen molar-refractivity contribution in [2.75, 3.05) is 6.54 Å². The summed E-state index contributed by atoms with van der Waals surface area (Å²) in [5, 5.41) is 10.6. The molecule has 0 aromatic carbocycles. The van der Waals surface area contributed by atoms with Crippen LogP contribution in [0.5, 0.6) is 0 Å². The molecule has 0 saturated heterocycles. The van der Waals surface area contributed by atoms with Gasteiger partial charge in [0.15, 0.2) is 0 Å². The topological polar surface area (TPSA) is 49.3 Å². The monoisotopic (exact) mass is 177 g/mol. The molecule has 1 amide bonds. The zero-order chi connectivity index (χ0) is 9.56. The van der Waals surface area contributed by atoms with E-state index in [-0.39, 0.29) is 0 Å². The third-order valence-corrected chi connectivity index (χ3v) is 1.00. The molecule has 0 heterocycles. The molecule has 0 radical (unpaired) electrons. The van der Waals surface area contributed by atoms with Crippen molar-refractivity contribution in [1.82, 2.24) is 5.32 Å². The second kappa shape index (κ2) is 5.49. The number of halogens is 2. The van der Waals surface area contributed by atoms with E-state index in [9.17, 15) is 13.6 Å². The lowest BCUT2D eigenvalue weighted by molar-refractivity contribution is -0.116. The fourth-order valence-corrected chi connectivity index (χ4v) is 0.444. The third kappa shape index (κ3) is 4.63. The molecular weight excluding hydrogens is 168 g/mol. The standard InChI is InChI=1S/C7H9F2NO2/c1-2-3-6(12)10-4-5(11)7(8)9/h5,7,11H,4H2,1H3,(H,10,12). The number of rotatable bonds is 3. The van der Waals surface area contributed by atoms with E-state index in [4.69, 9.17) is 5.11 Å². The summed E-state index contributed by atoms with van der Waals surface area (Å²) in [4.78, 5) is 10.5. The number of aliphatic hydroxyl groups excluding tert-OH is 1. The first-order chi connectivity index (χ1) is 5.57. The number of nitrogens with one attached hydrogen (secondary N) is 1. The maximum absolute atomic E-state index is 11.6. The maximum atomic E-state index is 11.6. The first kappa shape index (κ1) is 10.8. The highest BCUT2D eigenvalue weighted by Gasteiger charge is 2.16. The molecule has 1 atom stereocenters. The molecule has 0 aliphatic heterocycles. The van der Waals surface area contributed by atoms with Gasteiger partial charge in [0.1, 0.15) is 6.10 Å². The molecule has 2 N–H and O–H groups in total. The van der Waals surface area contributed by atoms with Crippen LogP contribution >= 0.6 is 0 Å². The zero-order valence-electron chi connectivity index (χ0n) is 6.47. The SMILES string of the molecule is CC#CC(=O)NCC(O)C(F)F. The number of amides is 1. The summed E-state index contributed by atoms with van der Waals surface area (Å²) < 4.78 is 23.3. The van der Waals surface area contributed by atoms with E-state index in [1.807, 2.05) is 5.32 Å². The Bertz CT molecular complexity index is 207.